The van der Waals surface area contributed by atoms with Gasteiger partial charge in [-0.05, 0) is 23.4 Å². The van der Waals surface area contributed by atoms with E-state index in [2.05, 4.69) is 0 Å². The van der Waals surface area contributed by atoms with Crippen molar-refractivity contribution >= 4 is 17.1 Å². The zero-order chi connectivity index (χ0) is 10.7. The van der Waals surface area contributed by atoms with Crippen molar-refractivity contribution in [3.63, 3.8) is 0 Å². The Morgan fingerprint density at radius 3 is 2.53 bits per heavy atom. The van der Waals surface area contributed by atoms with Gasteiger partial charge in [0.2, 0.25) is 0 Å². The number of carbonyl (C=O) groups excluding carboxylic acids is 1. The molecule has 0 heterocycles. The van der Waals surface area contributed by atoms with Crippen LogP contribution in [0.4, 0.5) is 0 Å². The van der Waals surface area contributed by atoms with Crippen LogP contribution in [0.2, 0.25) is 0 Å². The molecule has 2 nitrogen and oxygen atoms in total. The Kier molecular flexibility index (Phi) is 2.68. The summed E-state index contributed by atoms with van der Waals surface area (Å²) in [6.45, 7) is 0. The zero-order valence-electron chi connectivity index (χ0n) is 8.31. The van der Waals surface area contributed by atoms with Gasteiger partial charge in [-0.2, -0.15) is 0 Å². The van der Waals surface area contributed by atoms with Gasteiger partial charge in [0, 0.05) is 11.8 Å². The normalized spacial score (nSPS) is 10.4. The largest absolute Gasteiger partial charge is 0.507 e. The number of benzene rings is 2. The topological polar surface area (TPSA) is 37.3 Å². The fraction of sp³-hybridized carbons (Fsp3) is 0.154. The third-order valence-corrected chi connectivity index (χ3v) is 2.52. The minimum Gasteiger partial charge on any atom is -0.507 e. The maximum atomic E-state index is 10.3. The highest BCUT2D eigenvalue weighted by atomic mass is 16.3. The summed E-state index contributed by atoms with van der Waals surface area (Å²) in [6, 6.07) is 11.2. The van der Waals surface area contributed by atoms with Crippen molar-refractivity contribution in [3.8, 4) is 5.75 Å². The molecule has 2 heteroatoms. The number of hydrogen-bond acceptors (Lipinski definition) is 2. The molecule has 0 spiro atoms. The van der Waals surface area contributed by atoms with Crippen LogP contribution >= 0.6 is 0 Å². The minimum atomic E-state index is 0.292. The molecule has 2 aromatic carbocycles. The van der Waals surface area contributed by atoms with Crippen molar-refractivity contribution in [2.24, 2.45) is 0 Å². The van der Waals surface area contributed by atoms with Gasteiger partial charge in [-0.1, -0.05) is 30.3 Å². The van der Waals surface area contributed by atoms with Crippen molar-refractivity contribution in [2.75, 3.05) is 0 Å². The van der Waals surface area contributed by atoms with Crippen LogP contribution in [-0.2, 0) is 11.2 Å². The van der Waals surface area contributed by atoms with Gasteiger partial charge in [-0.15, -0.1) is 0 Å². The molecular weight excluding hydrogens is 188 g/mol. The molecule has 0 unspecified atom stereocenters. The maximum absolute atomic E-state index is 10.3. The summed E-state index contributed by atoms with van der Waals surface area (Å²) in [4.78, 5) is 10.3. The molecule has 0 aromatic heterocycles. The van der Waals surface area contributed by atoms with Gasteiger partial charge in [0.25, 0.3) is 0 Å². The number of aryl methyl sites for hydroxylation is 1. The predicted octanol–water partition coefficient (Wildman–Crippen LogP) is 2.68. The first-order valence-electron chi connectivity index (χ1n) is 4.96. The third-order valence-electron chi connectivity index (χ3n) is 2.52. The third kappa shape index (κ3) is 1.84. The second kappa shape index (κ2) is 4.13. The van der Waals surface area contributed by atoms with Crippen molar-refractivity contribution in [2.45, 2.75) is 12.8 Å². The van der Waals surface area contributed by atoms with Crippen LogP contribution in [0.5, 0.6) is 5.75 Å². The van der Waals surface area contributed by atoms with Crippen LogP contribution in [0, 0.1) is 0 Å². The SMILES string of the molecule is O=CCCc1ccc(O)c2ccccc12. The average molecular weight is 200 g/mol. The number of rotatable bonds is 3. The Morgan fingerprint density at radius 2 is 1.80 bits per heavy atom. The number of carbonyl (C=O) groups is 1. The number of phenolic OH excluding ortho intramolecular Hbond substituents is 1. The van der Waals surface area contributed by atoms with Crippen LogP contribution in [-0.4, -0.2) is 11.4 Å². The van der Waals surface area contributed by atoms with Crippen molar-refractivity contribution in [1.82, 2.24) is 0 Å². The van der Waals surface area contributed by atoms with Crippen LogP contribution in [0.3, 0.4) is 0 Å². The van der Waals surface area contributed by atoms with Gasteiger partial charge in [0.1, 0.15) is 12.0 Å². The summed E-state index contributed by atoms with van der Waals surface area (Å²) in [5.74, 6) is 0.292. The fourth-order valence-corrected chi connectivity index (χ4v) is 1.78. The average Bonchev–Trinajstić information content (AvgIpc) is 2.29. The van der Waals surface area contributed by atoms with Crippen molar-refractivity contribution < 1.29 is 9.90 Å². The van der Waals surface area contributed by atoms with Gasteiger partial charge in [0.05, 0.1) is 0 Å². The van der Waals surface area contributed by atoms with E-state index in [1.54, 1.807) is 6.07 Å². The molecule has 15 heavy (non-hydrogen) atoms. The Morgan fingerprint density at radius 1 is 1.07 bits per heavy atom. The van der Waals surface area contributed by atoms with E-state index in [1.165, 1.54) is 0 Å². The Labute approximate surface area is 88.2 Å². The summed E-state index contributed by atoms with van der Waals surface area (Å²) in [5, 5.41) is 11.5. The standard InChI is InChI=1S/C13H12O2/c14-9-3-4-10-7-8-13(15)12-6-2-1-5-11(10)12/h1-2,5-9,15H,3-4H2. The molecule has 1 N–H and O–H groups in total. The van der Waals surface area contributed by atoms with E-state index in [-0.39, 0.29) is 0 Å². The molecule has 0 atom stereocenters. The lowest BCUT2D eigenvalue weighted by molar-refractivity contribution is -0.107. The molecule has 0 aliphatic rings. The number of phenols is 1. The second-order valence-corrected chi connectivity index (χ2v) is 3.49. The minimum absolute atomic E-state index is 0.292. The number of hydrogen-bond donors (Lipinski definition) is 1. The highest BCUT2D eigenvalue weighted by Crippen LogP contribution is 2.27. The van der Waals surface area contributed by atoms with Crippen LogP contribution in [0.25, 0.3) is 10.8 Å². The lowest BCUT2D eigenvalue weighted by atomic mass is 10.0. The van der Waals surface area contributed by atoms with Gasteiger partial charge < -0.3 is 9.90 Å². The van der Waals surface area contributed by atoms with Crippen LogP contribution in [0.1, 0.15) is 12.0 Å². The van der Waals surface area contributed by atoms with E-state index in [0.717, 1.165) is 29.0 Å². The fourth-order valence-electron chi connectivity index (χ4n) is 1.78. The molecular formula is C13H12O2. The lowest BCUT2D eigenvalue weighted by Crippen LogP contribution is -1.88. The van der Waals surface area contributed by atoms with Gasteiger partial charge in [-0.25, -0.2) is 0 Å². The zero-order valence-corrected chi connectivity index (χ0v) is 8.31. The molecule has 0 fully saturated rings. The summed E-state index contributed by atoms with van der Waals surface area (Å²) in [6.07, 6.45) is 2.17. The highest BCUT2D eigenvalue weighted by Gasteiger charge is 2.03. The molecule has 0 saturated carbocycles. The summed E-state index contributed by atoms with van der Waals surface area (Å²) in [7, 11) is 0. The van der Waals surface area contributed by atoms with Crippen molar-refractivity contribution in [3.05, 3.63) is 42.0 Å². The number of aldehydes is 1. The van der Waals surface area contributed by atoms with E-state index < -0.39 is 0 Å². The first-order chi connectivity index (χ1) is 7.33. The van der Waals surface area contributed by atoms with E-state index in [1.807, 2.05) is 30.3 Å². The molecule has 0 radical (unpaired) electrons. The molecule has 0 amide bonds. The van der Waals surface area contributed by atoms with E-state index >= 15 is 0 Å². The second-order valence-electron chi connectivity index (χ2n) is 3.49. The van der Waals surface area contributed by atoms with E-state index in [9.17, 15) is 9.90 Å². The Balaban J connectivity index is 2.56. The first-order valence-corrected chi connectivity index (χ1v) is 4.96. The molecule has 0 aliphatic carbocycles. The highest BCUT2D eigenvalue weighted by molar-refractivity contribution is 5.90. The van der Waals surface area contributed by atoms with Gasteiger partial charge >= 0.3 is 0 Å². The van der Waals surface area contributed by atoms with Crippen LogP contribution in [0.15, 0.2) is 36.4 Å². The first kappa shape index (κ1) is 9.71. The molecule has 0 aliphatic heterocycles. The summed E-state index contributed by atoms with van der Waals surface area (Å²) >= 11 is 0. The van der Waals surface area contributed by atoms with Gasteiger partial charge in [0.15, 0.2) is 0 Å². The predicted molar refractivity (Wildman–Crippen MR) is 60.0 cm³/mol. The monoisotopic (exact) mass is 200 g/mol. The molecule has 2 rings (SSSR count). The Hall–Kier alpha value is -1.83. The van der Waals surface area contributed by atoms with Gasteiger partial charge in [-0.3, -0.25) is 0 Å². The van der Waals surface area contributed by atoms with Crippen LogP contribution < -0.4 is 0 Å². The van der Waals surface area contributed by atoms with Crippen molar-refractivity contribution in [1.29, 1.82) is 0 Å². The Bertz CT molecular complexity index is 489. The van der Waals surface area contributed by atoms with E-state index in [0.29, 0.717) is 12.2 Å². The quantitative estimate of drug-likeness (QED) is 0.773. The number of fused-ring (bicyclic) bond motifs is 1. The van der Waals surface area contributed by atoms with E-state index in [4.69, 9.17) is 0 Å². The smallest absolute Gasteiger partial charge is 0.123 e. The summed E-state index contributed by atoms with van der Waals surface area (Å²) < 4.78 is 0. The summed E-state index contributed by atoms with van der Waals surface area (Å²) in [5.41, 5.74) is 1.11. The lowest BCUT2D eigenvalue weighted by Gasteiger charge is -2.06. The molecule has 0 saturated heterocycles. The molecule has 2 aromatic rings. The molecule has 0 bridgehead atoms. The molecule has 76 valence electrons. The number of aromatic hydroxyl groups is 1. The maximum Gasteiger partial charge on any atom is 0.123 e.